The van der Waals surface area contributed by atoms with E-state index in [1.807, 2.05) is 0 Å². The highest BCUT2D eigenvalue weighted by Gasteiger charge is 2.90. The van der Waals surface area contributed by atoms with E-state index in [9.17, 15) is 9.59 Å². The summed E-state index contributed by atoms with van der Waals surface area (Å²) in [5.74, 6) is 3.30. The summed E-state index contributed by atoms with van der Waals surface area (Å²) in [6.45, 7) is 1.71. The molecule has 0 aromatic carbocycles. The Morgan fingerprint density at radius 3 is 2.56 bits per heavy atom. The molecule has 3 unspecified atom stereocenters. The zero-order valence-electron chi connectivity index (χ0n) is 9.60. The first-order valence-electron chi connectivity index (χ1n) is 6.22. The van der Waals surface area contributed by atoms with Crippen LogP contribution in [0.4, 0.5) is 0 Å². The number of carbonyl (C=O) groups excluding carboxylic acids is 2. The van der Waals surface area contributed by atoms with Crippen molar-refractivity contribution in [1.82, 2.24) is 0 Å². The largest absolute Gasteiger partial charge is 0.469 e. The van der Waals surface area contributed by atoms with E-state index < -0.39 is 0 Å². The minimum atomic E-state index is -0.129. The van der Waals surface area contributed by atoms with Crippen LogP contribution in [0.3, 0.4) is 0 Å². The van der Waals surface area contributed by atoms with Gasteiger partial charge >= 0.3 is 5.97 Å². The van der Waals surface area contributed by atoms with Gasteiger partial charge in [0.25, 0.3) is 0 Å². The number of carbonyl (C=O) groups is 2. The third kappa shape index (κ3) is 0.637. The van der Waals surface area contributed by atoms with Crippen molar-refractivity contribution in [3.63, 3.8) is 0 Å². The van der Waals surface area contributed by atoms with Crippen molar-refractivity contribution in [2.45, 2.75) is 19.8 Å². The standard InChI is InChI=1S/C13H16O3/c1-5(14)6-3-8-7-4-9-11(10(6)7)13(8,9)12(15)16-2/h6-11H,3-4H2,1-2H3/t6-,7?,8-,9?,10+,11?,13+/m0/s1. The van der Waals surface area contributed by atoms with Crippen molar-refractivity contribution in [3.05, 3.63) is 0 Å². The molecule has 3 nitrogen and oxygen atoms in total. The molecule has 16 heavy (non-hydrogen) atoms. The van der Waals surface area contributed by atoms with Crippen LogP contribution in [0.1, 0.15) is 19.8 Å². The van der Waals surface area contributed by atoms with E-state index in [0.29, 0.717) is 35.4 Å². The number of ether oxygens (including phenoxy) is 1. The van der Waals surface area contributed by atoms with E-state index >= 15 is 0 Å². The van der Waals surface area contributed by atoms with E-state index in [-0.39, 0.29) is 17.3 Å². The van der Waals surface area contributed by atoms with Crippen LogP contribution in [-0.4, -0.2) is 18.9 Å². The number of hydrogen-bond donors (Lipinski definition) is 0. The Hall–Kier alpha value is -0.860. The van der Waals surface area contributed by atoms with Crippen molar-refractivity contribution >= 4 is 11.8 Å². The molecule has 0 heterocycles. The maximum absolute atomic E-state index is 12.0. The lowest BCUT2D eigenvalue weighted by Crippen LogP contribution is -2.30. The molecule has 0 amide bonds. The molecule has 0 N–H and O–H groups in total. The number of hydrogen-bond acceptors (Lipinski definition) is 3. The van der Waals surface area contributed by atoms with Gasteiger partial charge in [-0.1, -0.05) is 0 Å². The van der Waals surface area contributed by atoms with E-state index in [1.165, 1.54) is 13.5 Å². The van der Waals surface area contributed by atoms with Crippen LogP contribution in [-0.2, 0) is 14.3 Å². The van der Waals surface area contributed by atoms with Crippen LogP contribution < -0.4 is 0 Å². The fourth-order valence-corrected chi connectivity index (χ4v) is 5.87. The maximum Gasteiger partial charge on any atom is 0.312 e. The van der Waals surface area contributed by atoms with E-state index in [4.69, 9.17) is 4.74 Å². The van der Waals surface area contributed by atoms with Crippen LogP contribution in [0.15, 0.2) is 0 Å². The molecule has 5 fully saturated rings. The summed E-state index contributed by atoms with van der Waals surface area (Å²) in [7, 11) is 1.50. The van der Waals surface area contributed by atoms with Crippen LogP contribution in [0.5, 0.6) is 0 Å². The summed E-state index contributed by atoms with van der Waals surface area (Å²) >= 11 is 0. The number of Topliss-reactive ketones (excluding diaryl/α,β-unsaturated/α-hetero) is 1. The second-order valence-electron chi connectivity index (χ2n) is 6.09. The minimum absolute atomic E-state index is 0.0134. The lowest BCUT2D eigenvalue weighted by Gasteiger charge is -2.24. The Kier molecular flexibility index (Phi) is 1.36. The molecule has 5 aliphatic carbocycles. The Labute approximate surface area is 94.5 Å². The number of ketones is 1. The van der Waals surface area contributed by atoms with Crippen molar-refractivity contribution in [2.75, 3.05) is 7.11 Å². The van der Waals surface area contributed by atoms with Crippen molar-refractivity contribution < 1.29 is 14.3 Å². The smallest absolute Gasteiger partial charge is 0.312 e. The minimum Gasteiger partial charge on any atom is -0.469 e. The zero-order valence-corrected chi connectivity index (χ0v) is 9.60. The van der Waals surface area contributed by atoms with Crippen LogP contribution >= 0.6 is 0 Å². The van der Waals surface area contributed by atoms with Gasteiger partial charge in [-0.25, -0.2) is 0 Å². The summed E-state index contributed by atoms with van der Waals surface area (Å²) in [5, 5.41) is 0. The highest BCUT2D eigenvalue weighted by molar-refractivity contribution is 5.87. The molecule has 0 aliphatic heterocycles. The monoisotopic (exact) mass is 220 g/mol. The summed E-state index contributed by atoms with van der Waals surface area (Å²) in [6.07, 6.45) is 2.13. The van der Waals surface area contributed by atoms with Crippen molar-refractivity contribution in [1.29, 1.82) is 0 Å². The fourth-order valence-electron chi connectivity index (χ4n) is 5.87. The molecule has 0 saturated heterocycles. The number of rotatable bonds is 2. The van der Waals surface area contributed by atoms with Crippen molar-refractivity contribution in [3.8, 4) is 0 Å². The predicted molar refractivity (Wildman–Crippen MR) is 55.3 cm³/mol. The van der Waals surface area contributed by atoms with E-state index in [2.05, 4.69) is 0 Å². The average molecular weight is 220 g/mol. The van der Waals surface area contributed by atoms with Gasteiger partial charge in [-0.3, -0.25) is 9.59 Å². The zero-order chi connectivity index (χ0) is 11.2. The van der Waals surface area contributed by atoms with E-state index in [1.54, 1.807) is 6.92 Å². The molecular formula is C13H16O3. The highest BCUT2D eigenvalue weighted by Crippen LogP contribution is 2.89. The average Bonchev–Trinajstić information content (AvgIpc) is 2.68. The van der Waals surface area contributed by atoms with Gasteiger partial charge in [0.15, 0.2) is 0 Å². The van der Waals surface area contributed by atoms with Crippen LogP contribution in [0.2, 0.25) is 0 Å². The molecule has 3 heteroatoms. The van der Waals surface area contributed by atoms with Gasteiger partial charge in [0.1, 0.15) is 5.78 Å². The first kappa shape index (κ1) is 9.20. The molecule has 6 bridgehead atoms. The quantitative estimate of drug-likeness (QED) is 0.658. The van der Waals surface area contributed by atoms with Gasteiger partial charge in [0.2, 0.25) is 0 Å². The van der Waals surface area contributed by atoms with Crippen LogP contribution in [0, 0.1) is 40.9 Å². The van der Waals surface area contributed by atoms with E-state index in [0.717, 1.165) is 6.42 Å². The molecule has 5 aliphatic rings. The lowest BCUT2D eigenvalue weighted by atomic mass is 9.80. The Morgan fingerprint density at radius 2 is 2.00 bits per heavy atom. The summed E-state index contributed by atoms with van der Waals surface area (Å²) in [6, 6.07) is 0. The van der Waals surface area contributed by atoms with Gasteiger partial charge in [0.05, 0.1) is 12.5 Å². The molecule has 5 rings (SSSR count). The molecule has 7 atom stereocenters. The first-order chi connectivity index (χ1) is 7.64. The third-order valence-electron chi connectivity index (χ3n) is 6.09. The molecule has 0 spiro atoms. The molecule has 0 radical (unpaired) electrons. The van der Waals surface area contributed by atoms with Gasteiger partial charge in [-0.2, -0.15) is 0 Å². The molecule has 5 saturated carbocycles. The topological polar surface area (TPSA) is 43.4 Å². The number of methoxy groups -OCH3 is 1. The number of esters is 1. The normalized spacial score (nSPS) is 58.9. The van der Waals surface area contributed by atoms with Gasteiger partial charge in [-0.05, 0) is 49.4 Å². The Balaban J connectivity index is 1.74. The predicted octanol–water partition coefficient (Wildman–Crippen LogP) is 1.27. The van der Waals surface area contributed by atoms with Gasteiger partial charge in [0, 0.05) is 5.92 Å². The first-order valence-corrected chi connectivity index (χ1v) is 6.22. The fraction of sp³-hybridized carbons (Fsp3) is 0.846. The van der Waals surface area contributed by atoms with Crippen LogP contribution in [0.25, 0.3) is 0 Å². The Morgan fingerprint density at radius 1 is 1.25 bits per heavy atom. The molecule has 0 aromatic heterocycles. The molecular weight excluding hydrogens is 204 g/mol. The summed E-state index contributed by atoms with van der Waals surface area (Å²) < 4.78 is 5.00. The maximum atomic E-state index is 12.0. The highest BCUT2D eigenvalue weighted by atomic mass is 16.5. The second kappa shape index (κ2) is 2.36. The SMILES string of the molecule is COC(=O)[C@]12C3CC4[C@H](C31)[C@H](C(C)=O)C[C@@H]42. The van der Waals surface area contributed by atoms with Crippen molar-refractivity contribution in [2.24, 2.45) is 40.9 Å². The molecule has 86 valence electrons. The molecule has 0 aromatic rings. The summed E-state index contributed by atoms with van der Waals surface area (Å²) in [5.41, 5.74) is -0.129. The Bertz CT molecular complexity index is 415. The van der Waals surface area contributed by atoms with Gasteiger partial charge < -0.3 is 4.74 Å². The summed E-state index contributed by atoms with van der Waals surface area (Å²) in [4.78, 5) is 23.6. The second-order valence-corrected chi connectivity index (χ2v) is 6.09. The lowest BCUT2D eigenvalue weighted by molar-refractivity contribution is -0.150. The van der Waals surface area contributed by atoms with Gasteiger partial charge in [-0.15, -0.1) is 0 Å². The third-order valence-corrected chi connectivity index (χ3v) is 6.09.